The first-order valence-electron chi connectivity index (χ1n) is 6.41. The Hall–Kier alpha value is -1.70. The molecule has 7 heteroatoms. The van der Waals surface area contributed by atoms with E-state index in [1.807, 2.05) is 6.07 Å². The Kier molecular flexibility index (Phi) is 5.00. The monoisotopic (exact) mass is 382 g/mol. The molecular weight excluding hydrogens is 368 g/mol. The Morgan fingerprint density at radius 2 is 1.64 bits per heavy atom. The molecule has 2 aromatic carbocycles. The molecular formula is C15H15BrN2O3S. The molecule has 0 spiro atoms. The topological polar surface area (TPSA) is 66.5 Å². The van der Waals surface area contributed by atoms with Gasteiger partial charge in [-0.3, -0.25) is 4.79 Å². The lowest BCUT2D eigenvalue weighted by molar-refractivity contribution is 0.102. The largest absolute Gasteiger partial charge is 0.322 e. The minimum Gasteiger partial charge on any atom is -0.322 e. The minimum atomic E-state index is -3.47. The van der Waals surface area contributed by atoms with Crippen LogP contribution in [0, 0.1) is 0 Å². The third kappa shape index (κ3) is 3.55. The second-order valence-corrected chi connectivity index (χ2v) is 7.75. The molecule has 0 radical (unpaired) electrons. The van der Waals surface area contributed by atoms with Crippen molar-refractivity contribution in [2.24, 2.45) is 0 Å². The fraction of sp³-hybridized carbons (Fsp3) is 0.133. The van der Waals surface area contributed by atoms with E-state index in [4.69, 9.17) is 0 Å². The van der Waals surface area contributed by atoms with Crippen molar-refractivity contribution in [1.82, 2.24) is 4.31 Å². The second kappa shape index (κ2) is 6.60. The van der Waals surface area contributed by atoms with Crippen LogP contribution in [0.3, 0.4) is 0 Å². The lowest BCUT2D eigenvalue weighted by atomic mass is 10.2. The Balaban J connectivity index is 2.19. The maximum Gasteiger partial charge on any atom is 0.256 e. The number of amides is 1. The first kappa shape index (κ1) is 16.7. The maximum absolute atomic E-state index is 12.2. The van der Waals surface area contributed by atoms with Crippen LogP contribution < -0.4 is 5.32 Å². The van der Waals surface area contributed by atoms with E-state index in [9.17, 15) is 13.2 Å². The highest BCUT2D eigenvalue weighted by Crippen LogP contribution is 2.20. The van der Waals surface area contributed by atoms with E-state index in [1.165, 1.54) is 26.2 Å². The lowest BCUT2D eigenvalue weighted by Gasteiger charge is -2.12. The standard InChI is InChI=1S/C15H15BrN2O3S/c1-18(2)22(20,21)12-9-7-11(8-10-12)17-15(19)13-5-3-4-6-14(13)16/h3-10H,1-2H3,(H,17,19). The van der Waals surface area contributed by atoms with E-state index in [-0.39, 0.29) is 10.8 Å². The molecule has 0 aliphatic rings. The molecule has 0 aliphatic carbocycles. The van der Waals surface area contributed by atoms with Crippen LogP contribution in [0.25, 0.3) is 0 Å². The van der Waals surface area contributed by atoms with Gasteiger partial charge in [-0.25, -0.2) is 12.7 Å². The van der Waals surface area contributed by atoms with Crippen molar-refractivity contribution in [2.45, 2.75) is 4.90 Å². The predicted molar refractivity (Wildman–Crippen MR) is 89.4 cm³/mol. The van der Waals surface area contributed by atoms with E-state index in [0.29, 0.717) is 15.7 Å². The fourth-order valence-electron chi connectivity index (χ4n) is 1.76. The molecule has 0 unspecified atom stereocenters. The van der Waals surface area contributed by atoms with Crippen molar-refractivity contribution in [2.75, 3.05) is 19.4 Å². The van der Waals surface area contributed by atoms with Crippen molar-refractivity contribution < 1.29 is 13.2 Å². The molecule has 0 aromatic heterocycles. The van der Waals surface area contributed by atoms with Crippen LogP contribution in [-0.2, 0) is 10.0 Å². The van der Waals surface area contributed by atoms with Crippen LogP contribution >= 0.6 is 15.9 Å². The number of hydrogen-bond donors (Lipinski definition) is 1. The van der Waals surface area contributed by atoms with Gasteiger partial charge in [0.25, 0.3) is 5.91 Å². The number of anilines is 1. The summed E-state index contributed by atoms with van der Waals surface area (Å²) in [5.74, 6) is -0.268. The Morgan fingerprint density at radius 1 is 1.05 bits per heavy atom. The number of sulfonamides is 1. The van der Waals surface area contributed by atoms with Gasteiger partial charge in [-0.05, 0) is 52.3 Å². The third-order valence-corrected chi connectivity index (χ3v) is 5.53. The van der Waals surface area contributed by atoms with Gasteiger partial charge in [0, 0.05) is 24.3 Å². The van der Waals surface area contributed by atoms with Crippen LogP contribution in [0.1, 0.15) is 10.4 Å². The molecule has 0 bridgehead atoms. The van der Waals surface area contributed by atoms with Gasteiger partial charge in [-0.1, -0.05) is 12.1 Å². The molecule has 2 rings (SSSR count). The van der Waals surface area contributed by atoms with E-state index >= 15 is 0 Å². The molecule has 0 saturated carbocycles. The predicted octanol–water partition coefficient (Wildman–Crippen LogP) is 2.95. The molecule has 1 amide bonds. The van der Waals surface area contributed by atoms with Crippen molar-refractivity contribution >= 4 is 37.5 Å². The summed E-state index contributed by atoms with van der Waals surface area (Å²) >= 11 is 3.32. The first-order chi connectivity index (χ1) is 10.3. The zero-order valence-corrected chi connectivity index (χ0v) is 14.5. The summed E-state index contributed by atoms with van der Waals surface area (Å²) in [7, 11) is -0.527. The first-order valence-corrected chi connectivity index (χ1v) is 8.64. The number of benzene rings is 2. The third-order valence-electron chi connectivity index (χ3n) is 3.01. The molecule has 0 fully saturated rings. The van der Waals surface area contributed by atoms with Crippen LogP contribution in [0.4, 0.5) is 5.69 Å². The summed E-state index contributed by atoms with van der Waals surface area (Å²) in [5.41, 5.74) is 1.03. The normalized spacial score (nSPS) is 11.5. The summed E-state index contributed by atoms with van der Waals surface area (Å²) in [6, 6.07) is 13.1. The van der Waals surface area contributed by atoms with Gasteiger partial charge < -0.3 is 5.32 Å². The highest BCUT2D eigenvalue weighted by molar-refractivity contribution is 9.10. The Morgan fingerprint density at radius 3 is 2.18 bits per heavy atom. The quantitative estimate of drug-likeness (QED) is 0.883. The van der Waals surface area contributed by atoms with E-state index in [1.54, 1.807) is 30.3 Å². The summed E-state index contributed by atoms with van der Waals surface area (Å²) in [6.07, 6.45) is 0. The molecule has 5 nitrogen and oxygen atoms in total. The number of nitrogens with one attached hydrogen (secondary N) is 1. The summed E-state index contributed by atoms with van der Waals surface area (Å²) in [5, 5.41) is 2.73. The van der Waals surface area contributed by atoms with Crippen LogP contribution in [0.2, 0.25) is 0 Å². The number of carbonyl (C=O) groups excluding carboxylic acids is 1. The molecule has 2 aromatic rings. The Bertz CT molecular complexity index is 787. The van der Waals surface area contributed by atoms with Crippen LogP contribution in [-0.4, -0.2) is 32.7 Å². The van der Waals surface area contributed by atoms with Crippen molar-refractivity contribution in [3.8, 4) is 0 Å². The summed E-state index contributed by atoms with van der Waals surface area (Å²) in [6.45, 7) is 0. The molecule has 1 N–H and O–H groups in total. The van der Waals surface area contributed by atoms with E-state index < -0.39 is 10.0 Å². The smallest absolute Gasteiger partial charge is 0.256 e. The molecule has 116 valence electrons. The summed E-state index contributed by atoms with van der Waals surface area (Å²) < 4.78 is 25.8. The van der Waals surface area contributed by atoms with Gasteiger partial charge in [0.15, 0.2) is 0 Å². The average molecular weight is 383 g/mol. The van der Waals surface area contributed by atoms with Crippen molar-refractivity contribution in [3.63, 3.8) is 0 Å². The molecule has 0 atom stereocenters. The zero-order valence-electron chi connectivity index (χ0n) is 12.1. The van der Waals surface area contributed by atoms with Crippen LogP contribution in [0.15, 0.2) is 57.9 Å². The van der Waals surface area contributed by atoms with Gasteiger partial charge in [0.2, 0.25) is 10.0 Å². The fourth-order valence-corrected chi connectivity index (χ4v) is 3.13. The van der Waals surface area contributed by atoms with E-state index in [2.05, 4.69) is 21.2 Å². The number of rotatable bonds is 4. The lowest BCUT2D eigenvalue weighted by Crippen LogP contribution is -2.22. The molecule has 0 heterocycles. The van der Waals surface area contributed by atoms with E-state index in [0.717, 1.165) is 4.31 Å². The number of nitrogens with zero attached hydrogens (tertiary/aromatic N) is 1. The maximum atomic E-state index is 12.2. The molecule has 22 heavy (non-hydrogen) atoms. The van der Waals surface area contributed by atoms with Crippen molar-refractivity contribution in [3.05, 3.63) is 58.6 Å². The minimum absolute atomic E-state index is 0.177. The van der Waals surface area contributed by atoms with Gasteiger partial charge in [-0.15, -0.1) is 0 Å². The highest BCUT2D eigenvalue weighted by atomic mass is 79.9. The second-order valence-electron chi connectivity index (χ2n) is 4.75. The summed E-state index contributed by atoms with van der Waals surface area (Å²) in [4.78, 5) is 12.3. The van der Waals surface area contributed by atoms with Crippen molar-refractivity contribution in [1.29, 1.82) is 0 Å². The van der Waals surface area contributed by atoms with Gasteiger partial charge >= 0.3 is 0 Å². The average Bonchev–Trinajstić information content (AvgIpc) is 2.48. The number of hydrogen-bond acceptors (Lipinski definition) is 3. The van der Waals surface area contributed by atoms with Gasteiger partial charge in [0.05, 0.1) is 10.5 Å². The number of carbonyl (C=O) groups is 1. The van der Waals surface area contributed by atoms with Crippen LogP contribution in [0.5, 0.6) is 0 Å². The zero-order chi connectivity index (χ0) is 16.3. The molecule has 0 saturated heterocycles. The Labute approximate surface area is 138 Å². The SMILES string of the molecule is CN(C)S(=O)(=O)c1ccc(NC(=O)c2ccccc2Br)cc1. The van der Waals surface area contributed by atoms with Gasteiger partial charge in [0.1, 0.15) is 0 Å². The molecule has 0 aliphatic heterocycles. The van der Waals surface area contributed by atoms with Gasteiger partial charge in [-0.2, -0.15) is 0 Å². The highest BCUT2D eigenvalue weighted by Gasteiger charge is 2.17. The number of halogens is 1.